The van der Waals surface area contributed by atoms with Gasteiger partial charge in [-0.3, -0.25) is 9.59 Å². The second kappa shape index (κ2) is 6.07. The molecule has 122 valence electrons. The summed E-state index contributed by atoms with van der Waals surface area (Å²) in [5.74, 6) is -2.33. The number of pyridine rings is 2. The van der Waals surface area contributed by atoms with Crippen LogP contribution in [0.5, 0.6) is 0 Å². The van der Waals surface area contributed by atoms with Crippen LogP contribution in [0.15, 0.2) is 47.4 Å². The molecule has 6 nitrogen and oxygen atoms in total. The van der Waals surface area contributed by atoms with Crippen LogP contribution in [0.1, 0.15) is 15.9 Å². The lowest BCUT2D eigenvalue weighted by molar-refractivity contribution is 0.0943. The molecule has 8 heteroatoms. The van der Waals surface area contributed by atoms with Crippen LogP contribution in [0.25, 0.3) is 11.0 Å². The van der Waals surface area contributed by atoms with Crippen LogP contribution in [0.4, 0.5) is 8.78 Å². The van der Waals surface area contributed by atoms with E-state index >= 15 is 0 Å². The number of nitrogens with zero attached hydrogens (tertiary/aromatic N) is 2. The molecule has 1 aromatic carbocycles. The number of fused-ring (bicyclic) bond motifs is 1. The van der Waals surface area contributed by atoms with Gasteiger partial charge in [0.15, 0.2) is 5.65 Å². The summed E-state index contributed by atoms with van der Waals surface area (Å²) < 4.78 is 26.7. The van der Waals surface area contributed by atoms with Gasteiger partial charge in [0.05, 0.1) is 0 Å². The second-order valence-corrected chi connectivity index (χ2v) is 5.01. The number of aromatic nitrogens is 2. The van der Waals surface area contributed by atoms with E-state index in [-0.39, 0.29) is 28.0 Å². The zero-order chi connectivity index (χ0) is 17.3. The Morgan fingerprint density at radius 1 is 1.25 bits per heavy atom. The molecule has 2 aromatic heterocycles. The van der Waals surface area contributed by atoms with Crippen molar-refractivity contribution in [3.8, 4) is 0 Å². The topological polar surface area (TPSA) is 84.2 Å². The number of nitrogens with one attached hydrogen (secondary N) is 1. The van der Waals surface area contributed by atoms with Crippen LogP contribution in [0.2, 0.25) is 0 Å². The summed E-state index contributed by atoms with van der Waals surface area (Å²) in [4.78, 5) is 28.0. The molecule has 0 bridgehead atoms. The number of carbonyl (C=O) groups is 1. The first-order chi connectivity index (χ1) is 11.5. The number of hydrogen-bond acceptors (Lipinski definition) is 4. The Labute approximate surface area is 134 Å². The maximum atomic E-state index is 13.5. The zero-order valence-corrected chi connectivity index (χ0v) is 12.2. The van der Waals surface area contributed by atoms with Crippen LogP contribution in [-0.2, 0) is 6.54 Å². The van der Waals surface area contributed by atoms with Crippen molar-refractivity contribution in [3.05, 3.63) is 75.7 Å². The van der Waals surface area contributed by atoms with Crippen molar-refractivity contribution in [3.63, 3.8) is 0 Å². The fourth-order valence-electron chi connectivity index (χ4n) is 2.23. The normalized spacial score (nSPS) is 10.8. The van der Waals surface area contributed by atoms with E-state index in [1.54, 1.807) is 12.1 Å². The predicted octanol–water partition coefficient (Wildman–Crippen LogP) is 1.84. The number of rotatable bonds is 3. The molecule has 2 N–H and O–H groups in total. The highest BCUT2D eigenvalue weighted by molar-refractivity contribution is 5.96. The van der Waals surface area contributed by atoms with E-state index in [0.29, 0.717) is 11.5 Å². The summed E-state index contributed by atoms with van der Waals surface area (Å²) in [5.41, 5.74) is -1.18. The second-order valence-electron chi connectivity index (χ2n) is 5.01. The fourth-order valence-corrected chi connectivity index (χ4v) is 2.23. The number of halogens is 2. The molecule has 0 aliphatic carbocycles. The lowest BCUT2D eigenvalue weighted by Crippen LogP contribution is -2.32. The SMILES string of the molecule is O=C(NCc1ccc(F)cc1F)c1cc2cccnc2n(O)c1=O. The fraction of sp³-hybridized carbons (Fsp3) is 0.0625. The van der Waals surface area contributed by atoms with Gasteiger partial charge in [0.1, 0.15) is 17.2 Å². The maximum Gasteiger partial charge on any atom is 0.297 e. The van der Waals surface area contributed by atoms with Crippen LogP contribution < -0.4 is 10.9 Å². The molecular weight excluding hydrogens is 320 g/mol. The van der Waals surface area contributed by atoms with Crippen LogP contribution in [0, 0.1) is 11.6 Å². The first-order valence-corrected chi connectivity index (χ1v) is 6.89. The Bertz CT molecular complexity index is 1000. The van der Waals surface area contributed by atoms with Crippen molar-refractivity contribution >= 4 is 16.9 Å². The van der Waals surface area contributed by atoms with Crippen molar-refractivity contribution in [2.45, 2.75) is 6.54 Å². The van der Waals surface area contributed by atoms with Crippen molar-refractivity contribution in [2.75, 3.05) is 0 Å². The van der Waals surface area contributed by atoms with Gasteiger partial charge in [0.25, 0.3) is 11.5 Å². The first kappa shape index (κ1) is 15.6. The number of carbonyl (C=O) groups excluding carboxylic acids is 1. The summed E-state index contributed by atoms with van der Waals surface area (Å²) in [5, 5.41) is 12.6. The third-order valence-corrected chi connectivity index (χ3v) is 3.44. The molecule has 24 heavy (non-hydrogen) atoms. The Balaban J connectivity index is 1.89. The van der Waals surface area contributed by atoms with E-state index in [0.717, 1.165) is 6.07 Å². The molecule has 0 unspecified atom stereocenters. The number of hydrogen-bond donors (Lipinski definition) is 2. The van der Waals surface area contributed by atoms with E-state index in [1.807, 2.05) is 0 Å². The van der Waals surface area contributed by atoms with Gasteiger partial charge in [0.2, 0.25) is 0 Å². The molecule has 0 saturated carbocycles. The largest absolute Gasteiger partial charge is 0.423 e. The van der Waals surface area contributed by atoms with Gasteiger partial charge in [0, 0.05) is 29.8 Å². The highest BCUT2D eigenvalue weighted by atomic mass is 19.1. The zero-order valence-electron chi connectivity index (χ0n) is 12.2. The summed E-state index contributed by atoms with van der Waals surface area (Å²) >= 11 is 0. The third-order valence-electron chi connectivity index (χ3n) is 3.44. The minimum atomic E-state index is -0.946. The van der Waals surface area contributed by atoms with Gasteiger partial charge in [-0.25, -0.2) is 13.8 Å². The molecule has 3 aromatic rings. The summed E-state index contributed by atoms with van der Waals surface area (Å²) in [7, 11) is 0. The smallest absolute Gasteiger partial charge is 0.297 e. The molecule has 0 fully saturated rings. The molecule has 0 aliphatic heterocycles. The highest BCUT2D eigenvalue weighted by Gasteiger charge is 2.16. The average Bonchev–Trinajstić information content (AvgIpc) is 2.57. The molecule has 0 radical (unpaired) electrons. The monoisotopic (exact) mass is 331 g/mol. The molecule has 3 rings (SSSR count). The molecule has 0 atom stereocenters. The molecule has 0 spiro atoms. The molecule has 0 saturated heterocycles. The van der Waals surface area contributed by atoms with Crippen LogP contribution >= 0.6 is 0 Å². The minimum Gasteiger partial charge on any atom is -0.423 e. The molecule has 2 heterocycles. The lowest BCUT2D eigenvalue weighted by Gasteiger charge is -2.08. The van der Waals surface area contributed by atoms with Gasteiger partial charge in [-0.2, -0.15) is 0 Å². The predicted molar refractivity (Wildman–Crippen MR) is 80.7 cm³/mol. The Morgan fingerprint density at radius 3 is 2.79 bits per heavy atom. The third kappa shape index (κ3) is 2.81. The van der Waals surface area contributed by atoms with E-state index in [1.165, 1.54) is 18.3 Å². The first-order valence-electron chi connectivity index (χ1n) is 6.89. The van der Waals surface area contributed by atoms with Gasteiger partial charge in [-0.1, -0.05) is 6.07 Å². The Kier molecular flexibility index (Phi) is 3.95. The summed E-state index contributed by atoms with van der Waals surface area (Å²) in [6, 6.07) is 7.40. The van der Waals surface area contributed by atoms with Crippen molar-refractivity contribution < 1.29 is 18.8 Å². The van der Waals surface area contributed by atoms with Crippen molar-refractivity contribution in [2.24, 2.45) is 0 Å². The molecule has 0 aliphatic rings. The number of benzene rings is 1. The number of amides is 1. The minimum absolute atomic E-state index is 0.0172. The quantitative estimate of drug-likeness (QED) is 0.717. The van der Waals surface area contributed by atoms with Gasteiger partial charge < -0.3 is 10.5 Å². The van der Waals surface area contributed by atoms with Gasteiger partial charge in [-0.05, 0) is 24.3 Å². The van der Waals surface area contributed by atoms with Gasteiger partial charge >= 0.3 is 0 Å². The molecular formula is C16H11F2N3O3. The van der Waals surface area contributed by atoms with E-state index in [4.69, 9.17) is 0 Å². The summed E-state index contributed by atoms with van der Waals surface area (Å²) in [6.07, 6.45) is 1.39. The highest BCUT2D eigenvalue weighted by Crippen LogP contribution is 2.11. The van der Waals surface area contributed by atoms with Gasteiger partial charge in [-0.15, -0.1) is 4.73 Å². The lowest BCUT2D eigenvalue weighted by atomic mass is 10.1. The van der Waals surface area contributed by atoms with E-state index < -0.39 is 23.1 Å². The van der Waals surface area contributed by atoms with Crippen LogP contribution in [0.3, 0.4) is 0 Å². The van der Waals surface area contributed by atoms with Crippen molar-refractivity contribution in [1.29, 1.82) is 0 Å². The van der Waals surface area contributed by atoms with Crippen LogP contribution in [-0.4, -0.2) is 20.8 Å². The standard InChI is InChI=1S/C16H11F2N3O3/c17-11-4-3-10(13(18)7-11)8-20-15(22)12-6-9-2-1-5-19-14(9)21(24)16(12)23/h1-7,24H,8H2,(H,20,22). The van der Waals surface area contributed by atoms with E-state index in [2.05, 4.69) is 10.3 Å². The maximum absolute atomic E-state index is 13.5. The molecule has 1 amide bonds. The van der Waals surface area contributed by atoms with Crippen molar-refractivity contribution in [1.82, 2.24) is 15.0 Å². The Hall–Kier alpha value is -3.29. The average molecular weight is 331 g/mol. The summed E-state index contributed by atoms with van der Waals surface area (Å²) in [6.45, 7) is -0.235. The Morgan fingerprint density at radius 2 is 2.04 bits per heavy atom. The van der Waals surface area contributed by atoms with E-state index in [9.17, 15) is 23.6 Å².